The van der Waals surface area contributed by atoms with Gasteiger partial charge in [-0.1, -0.05) is 201 Å². The highest BCUT2D eigenvalue weighted by Crippen LogP contribution is 2.47. The Morgan fingerprint density at radius 2 is 1.26 bits per heavy atom. The van der Waals surface area contributed by atoms with Crippen LogP contribution in [-0.4, -0.2) is 18.2 Å². The Labute approximate surface area is 392 Å². The van der Waals surface area contributed by atoms with Gasteiger partial charge in [-0.25, -0.2) is 4.99 Å². The van der Waals surface area contributed by atoms with Gasteiger partial charge in [-0.3, -0.25) is 4.99 Å². The minimum atomic E-state index is 0.336. The smallest absolute Gasteiger partial charge is 0.157 e. The number of nitrogens with zero attached hydrogens (tertiary/aromatic N) is 2. The van der Waals surface area contributed by atoms with Gasteiger partial charge >= 0.3 is 0 Å². The molecular weight excluding hydrogens is 803 g/mol. The number of aliphatic imine (C=N–C) groups is 2. The van der Waals surface area contributed by atoms with Gasteiger partial charge in [0.1, 0.15) is 17.0 Å². The van der Waals surface area contributed by atoms with Crippen LogP contribution in [-0.2, 0) is 0 Å². The predicted molar refractivity (Wildman–Crippen MR) is 289 cm³/mol. The standard InChI is InChI=1S/C58H53N3O.2C2H6/c1-6-17-37(4)50-35-42(45-26-14-27-46-47-28-15-30-51-55(47)56-49(54(45)46)29-16-31-52(56)62-51)32-33-48(50)53-38(5)20-12-25-44(53)41-23-13-24-43(34-41)58(60-36-39(18-7-2)19-8-3)61-57(59)40-21-10-9-11-22-40;2*1-2/h7,9-16,18-35,37H,6,8,17,36H2,1-5H3,(H2,59,60,61);2*1-2H3/b18-7-,39-19+;;. The fourth-order valence-corrected chi connectivity index (χ4v) is 9.46. The summed E-state index contributed by atoms with van der Waals surface area (Å²) in [7, 11) is 0. The van der Waals surface area contributed by atoms with E-state index in [-0.39, 0.29) is 0 Å². The van der Waals surface area contributed by atoms with E-state index in [1.807, 2.05) is 65.0 Å². The van der Waals surface area contributed by atoms with Crippen molar-refractivity contribution in [2.24, 2.45) is 15.7 Å². The van der Waals surface area contributed by atoms with Crippen LogP contribution in [0.25, 0.3) is 76.9 Å². The van der Waals surface area contributed by atoms with E-state index < -0.39 is 0 Å². The monoisotopic (exact) mass is 868 g/mol. The van der Waals surface area contributed by atoms with E-state index in [2.05, 4.69) is 161 Å². The molecule has 66 heavy (non-hydrogen) atoms. The second-order valence-electron chi connectivity index (χ2n) is 16.4. The SMILES string of the molecule is C/C=C\C(=C/CC)CN=C(N=C(N)c1ccccc1)c1cccc(-c2cccc(C)c2-c2ccc(-c3cccc4c5cccc6oc7cccc(c34)c7c65)cc2C(C)CCC)c1.CC.CC. The van der Waals surface area contributed by atoms with Gasteiger partial charge in [0.2, 0.25) is 0 Å². The number of hydrogen-bond acceptors (Lipinski definition) is 2. The fourth-order valence-electron chi connectivity index (χ4n) is 9.46. The fraction of sp³-hybridized carbons (Fsp3) is 0.226. The molecule has 0 radical (unpaired) electrons. The first-order chi connectivity index (χ1) is 32.4. The molecule has 1 aromatic heterocycles. The van der Waals surface area contributed by atoms with Gasteiger partial charge in [0, 0.05) is 21.9 Å². The topological polar surface area (TPSA) is 63.9 Å². The number of allylic oxidation sites excluding steroid dienone is 2. The lowest BCUT2D eigenvalue weighted by Gasteiger charge is -2.22. The number of hydrogen-bond donors (Lipinski definition) is 1. The highest BCUT2D eigenvalue weighted by atomic mass is 16.3. The molecule has 4 heteroatoms. The molecular formula is C62H65N3O. The molecule has 1 atom stereocenters. The lowest BCUT2D eigenvalue weighted by atomic mass is 9.82. The van der Waals surface area contributed by atoms with Crippen LogP contribution in [0.5, 0.6) is 0 Å². The Morgan fingerprint density at radius 1 is 0.636 bits per heavy atom. The van der Waals surface area contributed by atoms with Crippen molar-refractivity contribution >= 4 is 55.2 Å². The number of aryl methyl sites for hydroxylation is 1. The maximum absolute atomic E-state index is 6.68. The number of benzene rings is 8. The van der Waals surface area contributed by atoms with E-state index >= 15 is 0 Å². The van der Waals surface area contributed by atoms with Crippen molar-refractivity contribution in [3.63, 3.8) is 0 Å². The average Bonchev–Trinajstić information content (AvgIpc) is 3.76. The molecule has 0 saturated carbocycles. The van der Waals surface area contributed by atoms with Gasteiger partial charge in [-0.15, -0.1) is 0 Å². The zero-order valence-electron chi connectivity index (χ0n) is 40.4. The molecule has 0 bridgehead atoms. The third-order valence-electron chi connectivity index (χ3n) is 12.3. The van der Waals surface area contributed by atoms with Gasteiger partial charge in [0.05, 0.1) is 6.54 Å². The maximum atomic E-state index is 6.68. The van der Waals surface area contributed by atoms with Gasteiger partial charge < -0.3 is 10.2 Å². The quantitative estimate of drug-likeness (QED) is 0.0575. The highest BCUT2D eigenvalue weighted by molar-refractivity contribution is 6.34. The minimum absolute atomic E-state index is 0.336. The molecule has 9 rings (SSSR count). The molecule has 0 amide bonds. The van der Waals surface area contributed by atoms with Crippen LogP contribution in [0.1, 0.15) is 103 Å². The second kappa shape index (κ2) is 21.8. The van der Waals surface area contributed by atoms with E-state index in [1.54, 1.807) is 0 Å². The molecule has 0 aliphatic carbocycles. The summed E-state index contributed by atoms with van der Waals surface area (Å²) in [4.78, 5) is 10.1. The molecule has 2 N–H and O–H groups in total. The molecule has 4 nitrogen and oxygen atoms in total. The predicted octanol–water partition coefficient (Wildman–Crippen LogP) is 17.7. The van der Waals surface area contributed by atoms with Crippen molar-refractivity contribution in [1.82, 2.24) is 0 Å². The van der Waals surface area contributed by atoms with Crippen molar-refractivity contribution in [3.05, 3.63) is 192 Å². The number of nitrogens with two attached hydrogens (primary N) is 1. The van der Waals surface area contributed by atoms with Crippen LogP contribution in [0.4, 0.5) is 0 Å². The largest absolute Gasteiger partial charge is 0.456 e. The van der Waals surface area contributed by atoms with Crippen LogP contribution >= 0.6 is 0 Å². The third-order valence-corrected chi connectivity index (χ3v) is 12.3. The molecule has 1 unspecified atom stereocenters. The zero-order chi connectivity index (χ0) is 46.7. The van der Waals surface area contributed by atoms with Gasteiger partial charge in [0.15, 0.2) is 5.84 Å². The Bertz CT molecular complexity index is 3200. The van der Waals surface area contributed by atoms with Crippen molar-refractivity contribution in [3.8, 4) is 33.4 Å². The summed E-state index contributed by atoms with van der Waals surface area (Å²) >= 11 is 0. The first-order valence-electron chi connectivity index (χ1n) is 24.1. The van der Waals surface area contributed by atoms with Gasteiger partial charge in [-0.2, -0.15) is 0 Å². The number of amidine groups is 2. The lowest BCUT2D eigenvalue weighted by molar-refractivity contribution is 0.666. The summed E-state index contributed by atoms with van der Waals surface area (Å²) in [6.45, 7) is 19.6. The van der Waals surface area contributed by atoms with E-state index in [0.717, 1.165) is 52.7 Å². The number of fused-ring (bicyclic) bond motifs is 3. The summed E-state index contributed by atoms with van der Waals surface area (Å²) < 4.78 is 6.40. The Hall–Kier alpha value is -7.04. The normalized spacial score (nSPS) is 12.8. The molecule has 8 aromatic carbocycles. The van der Waals surface area contributed by atoms with E-state index in [1.165, 1.54) is 71.3 Å². The van der Waals surface area contributed by atoms with Crippen LogP contribution in [0.15, 0.2) is 184 Å². The van der Waals surface area contributed by atoms with Crippen LogP contribution in [0, 0.1) is 6.92 Å². The lowest BCUT2D eigenvalue weighted by Crippen LogP contribution is -2.16. The van der Waals surface area contributed by atoms with Crippen molar-refractivity contribution in [2.75, 3.05) is 6.54 Å². The molecule has 1 heterocycles. The van der Waals surface area contributed by atoms with Crippen molar-refractivity contribution < 1.29 is 4.42 Å². The van der Waals surface area contributed by atoms with Crippen molar-refractivity contribution in [2.45, 2.75) is 87.5 Å². The molecule has 0 aliphatic heterocycles. The Morgan fingerprint density at radius 3 is 1.97 bits per heavy atom. The first-order valence-corrected chi connectivity index (χ1v) is 24.1. The molecule has 9 aromatic rings. The minimum Gasteiger partial charge on any atom is -0.456 e. The highest BCUT2D eigenvalue weighted by Gasteiger charge is 2.22. The number of rotatable bonds is 12. The maximum Gasteiger partial charge on any atom is 0.157 e. The zero-order valence-corrected chi connectivity index (χ0v) is 40.4. The van der Waals surface area contributed by atoms with Crippen LogP contribution < -0.4 is 5.73 Å². The summed E-state index contributed by atoms with van der Waals surface area (Å²) in [5.41, 5.74) is 21.3. The van der Waals surface area contributed by atoms with E-state index in [0.29, 0.717) is 24.1 Å². The second-order valence-corrected chi connectivity index (χ2v) is 16.4. The summed E-state index contributed by atoms with van der Waals surface area (Å²) in [6.07, 6.45) is 9.51. The first kappa shape index (κ1) is 46.9. The molecule has 0 spiro atoms. The molecule has 0 aliphatic rings. The van der Waals surface area contributed by atoms with Gasteiger partial charge in [0.25, 0.3) is 0 Å². The van der Waals surface area contributed by atoms with E-state index in [4.69, 9.17) is 20.1 Å². The Balaban J connectivity index is 0.00000158. The van der Waals surface area contributed by atoms with E-state index in [9.17, 15) is 0 Å². The molecule has 334 valence electrons. The van der Waals surface area contributed by atoms with Crippen LogP contribution in [0.2, 0.25) is 0 Å². The summed E-state index contributed by atoms with van der Waals surface area (Å²) in [6, 6.07) is 52.1. The van der Waals surface area contributed by atoms with Crippen LogP contribution in [0.3, 0.4) is 0 Å². The number of furan rings is 1. The van der Waals surface area contributed by atoms with Gasteiger partial charge in [-0.05, 0) is 122 Å². The average molecular weight is 868 g/mol. The molecule has 0 saturated heterocycles. The molecule has 0 fully saturated rings. The Kier molecular flexibility index (Phi) is 15.5. The summed E-state index contributed by atoms with van der Waals surface area (Å²) in [5, 5.41) is 7.40. The van der Waals surface area contributed by atoms with Crippen molar-refractivity contribution in [1.29, 1.82) is 0 Å². The third kappa shape index (κ3) is 9.37. The summed E-state index contributed by atoms with van der Waals surface area (Å²) in [5.74, 6) is 1.38.